The Bertz CT molecular complexity index is 644. The predicted molar refractivity (Wildman–Crippen MR) is 83.6 cm³/mol. The number of halogens is 2. The highest BCUT2D eigenvalue weighted by molar-refractivity contribution is 5.74. The summed E-state index contributed by atoms with van der Waals surface area (Å²) in [5.41, 5.74) is 0.794. The van der Waals surface area contributed by atoms with Crippen LogP contribution >= 0.6 is 0 Å². The van der Waals surface area contributed by atoms with Crippen LogP contribution in [0.2, 0.25) is 0 Å². The zero-order chi connectivity index (χ0) is 16.8. The van der Waals surface area contributed by atoms with E-state index in [0.29, 0.717) is 6.54 Å². The van der Waals surface area contributed by atoms with E-state index in [2.05, 4.69) is 10.3 Å². The second-order valence-electron chi connectivity index (χ2n) is 5.17. The molecule has 0 aliphatic rings. The topological polar surface area (TPSA) is 45.2 Å². The van der Waals surface area contributed by atoms with Gasteiger partial charge in [0.25, 0.3) is 0 Å². The summed E-state index contributed by atoms with van der Waals surface area (Å²) in [5, 5.41) is 2.82. The number of amides is 2. The summed E-state index contributed by atoms with van der Waals surface area (Å²) < 4.78 is 27.5. The summed E-state index contributed by atoms with van der Waals surface area (Å²) in [6.07, 6.45) is 3.29. The Kier molecular flexibility index (Phi) is 5.62. The van der Waals surface area contributed by atoms with Crippen molar-refractivity contribution < 1.29 is 13.6 Å². The number of carbonyl (C=O) groups is 1. The lowest BCUT2D eigenvalue weighted by Crippen LogP contribution is -2.40. The van der Waals surface area contributed by atoms with Gasteiger partial charge >= 0.3 is 6.03 Å². The van der Waals surface area contributed by atoms with E-state index in [1.807, 2.05) is 6.92 Å². The molecule has 1 heterocycles. The van der Waals surface area contributed by atoms with Crippen molar-refractivity contribution in [2.75, 3.05) is 6.54 Å². The van der Waals surface area contributed by atoms with Crippen LogP contribution in [0.5, 0.6) is 0 Å². The Morgan fingerprint density at radius 3 is 2.39 bits per heavy atom. The summed E-state index contributed by atoms with van der Waals surface area (Å²) in [6, 6.07) is 6.67. The summed E-state index contributed by atoms with van der Waals surface area (Å²) >= 11 is 0. The first kappa shape index (κ1) is 16.9. The third kappa shape index (κ3) is 4.25. The number of rotatable bonds is 5. The lowest BCUT2D eigenvalue weighted by molar-refractivity contribution is 0.193. The van der Waals surface area contributed by atoms with Gasteiger partial charge in [-0.3, -0.25) is 4.98 Å². The van der Waals surface area contributed by atoms with E-state index in [0.717, 1.165) is 5.56 Å². The number of hydrogen-bond donors (Lipinski definition) is 1. The fraction of sp³-hybridized carbons (Fsp3) is 0.294. The Balaban J connectivity index is 2.07. The number of carbonyl (C=O) groups excluding carboxylic acids is 1. The number of nitrogens with zero attached hydrogens (tertiary/aromatic N) is 2. The minimum Gasteiger partial charge on any atom is -0.331 e. The zero-order valence-electron chi connectivity index (χ0n) is 13.1. The molecule has 2 rings (SSSR count). The lowest BCUT2D eigenvalue weighted by atomic mass is 10.1. The molecule has 1 N–H and O–H groups in total. The van der Waals surface area contributed by atoms with Gasteiger partial charge in [0.05, 0.1) is 12.6 Å². The third-order valence-electron chi connectivity index (χ3n) is 3.63. The minimum atomic E-state index is -0.654. The van der Waals surface area contributed by atoms with Gasteiger partial charge < -0.3 is 10.2 Å². The van der Waals surface area contributed by atoms with E-state index in [4.69, 9.17) is 0 Å². The van der Waals surface area contributed by atoms with E-state index >= 15 is 0 Å². The predicted octanol–water partition coefficient (Wildman–Crippen LogP) is 3.65. The number of hydrogen-bond acceptors (Lipinski definition) is 2. The molecule has 0 aliphatic heterocycles. The molecule has 122 valence electrons. The van der Waals surface area contributed by atoms with Crippen LogP contribution in [-0.2, 0) is 6.54 Å². The van der Waals surface area contributed by atoms with Gasteiger partial charge in [0.15, 0.2) is 0 Å². The molecule has 4 nitrogen and oxygen atoms in total. The van der Waals surface area contributed by atoms with Crippen LogP contribution in [0.3, 0.4) is 0 Å². The molecule has 1 aromatic carbocycles. The molecule has 0 saturated carbocycles. The molecular formula is C17H19F2N3O. The van der Waals surface area contributed by atoms with Gasteiger partial charge in [-0.15, -0.1) is 0 Å². The van der Waals surface area contributed by atoms with Crippen molar-refractivity contribution in [3.05, 3.63) is 65.5 Å². The molecule has 1 atom stereocenters. The Labute approximate surface area is 134 Å². The zero-order valence-corrected chi connectivity index (χ0v) is 13.1. The fourth-order valence-corrected chi connectivity index (χ4v) is 2.21. The van der Waals surface area contributed by atoms with Gasteiger partial charge in [-0.05, 0) is 43.7 Å². The van der Waals surface area contributed by atoms with E-state index in [9.17, 15) is 13.6 Å². The molecule has 0 radical (unpaired) electrons. The second-order valence-corrected chi connectivity index (χ2v) is 5.17. The van der Waals surface area contributed by atoms with Crippen LogP contribution in [-0.4, -0.2) is 22.5 Å². The summed E-state index contributed by atoms with van der Waals surface area (Å²) in [5.74, 6) is -1.31. The SMILES string of the molecule is CCN(Cc1c(F)cccc1F)C(=O)NC(C)c1ccncc1. The Morgan fingerprint density at radius 1 is 1.22 bits per heavy atom. The average Bonchev–Trinajstić information content (AvgIpc) is 2.55. The molecule has 0 saturated heterocycles. The first-order valence-corrected chi connectivity index (χ1v) is 7.41. The van der Waals surface area contributed by atoms with Gasteiger partial charge in [0.1, 0.15) is 11.6 Å². The molecular weight excluding hydrogens is 300 g/mol. The van der Waals surface area contributed by atoms with Crippen LogP contribution < -0.4 is 5.32 Å². The normalized spacial score (nSPS) is 11.8. The van der Waals surface area contributed by atoms with Crippen molar-refractivity contribution in [3.63, 3.8) is 0 Å². The number of urea groups is 1. The van der Waals surface area contributed by atoms with Gasteiger partial charge in [0, 0.05) is 24.5 Å². The van der Waals surface area contributed by atoms with E-state index in [1.165, 1.54) is 23.1 Å². The van der Waals surface area contributed by atoms with Crippen LogP contribution in [0, 0.1) is 11.6 Å². The van der Waals surface area contributed by atoms with Crippen molar-refractivity contribution >= 4 is 6.03 Å². The molecule has 0 aliphatic carbocycles. The highest BCUT2D eigenvalue weighted by Crippen LogP contribution is 2.16. The van der Waals surface area contributed by atoms with Crippen LogP contribution in [0.25, 0.3) is 0 Å². The van der Waals surface area contributed by atoms with Crippen molar-refractivity contribution in [1.82, 2.24) is 15.2 Å². The van der Waals surface area contributed by atoms with E-state index in [-0.39, 0.29) is 24.2 Å². The van der Waals surface area contributed by atoms with Crippen molar-refractivity contribution in [1.29, 1.82) is 0 Å². The van der Waals surface area contributed by atoms with Crippen molar-refractivity contribution in [3.8, 4) is 0 Å². The molecule has 2 amide bonds. The van der Waals surface area contributed by atoms with Crippen LogP contribution in [0.15, 0.2) is 42.7 Å². The summed E-state index contributed by atoms with van der Waals surface area (Å²) in [6.45, 7) is 3.81. The number of nitrogens with one attached hydrogen (secondary N) is 1. The molecule has 2 aromatic rings. The largest absolute Gasteiger partial charge is 0.331 e. The first-order chi connectivity index (χ1) is 11.0. The highest BCUT2D eigenvalue weighted by atomic mass is 19.1. The first-order valence-electron chi connectivity index (χ1n) is 7.41. The maximum atomic E-state index is 13.7. The second kappa shape index (κ2) is 7.67. The van der Waals surface area contributed by atoms with Gasteiger partial charge in [0.2, 0.25) is 0 Å². The highest BCUT2D eigenvalue weighted by Gasteiger charge is 2.19. The number of benzene rings is 1. The molecule has 6 heteroatoms. The third-order valence-corrected chi connectivity index (χ3v) is 3.63. The van der Waals surface area contributed by atoms with E-state index in [1.54, 1.807) is 31.5 Å². The number of aromatic nitrogens is 1. The average molecular weight is 319 g/mol. The van der Waals surface area contributed by atoms with Crippen LogP contribution in [0.4, 0.5) is 13.6 Å². The molecule has 0 fully saturated rings. The number of pyridine rings is 1. The minimum absolute atomic E-state index is 0.110. The maximum Gasteiger partial charge on any atom is 0.318 e. The van der Waals surface area contributed by atoms with Gasteiger partial charge in [-0.2, -0.15) is 0 Å². The molecule has 1 unspecified atom stereocenters. The lowest BCUT2D eigenvalue weighted by Gasteiger charge is -2.24. The van der Waals surface area contributed by atoms with Crippen LogP contribution in [0.1, 0.15) is 31.0 Å². The summed E-state index contributed by atoms with van der Waals surface area (Å²) in [7, 11) is 0. The smallest absolute Gasteiger partial charge is 0.318 e. The van der Waals surface area contributed by atoms with Crippen molar-refractivity contribution in [2.24, 2.45) is 0 Å². The molecule has 0 bridgehead atoms. The van der Waals surface area contributed by atoms with Gasteiger partial charge in [-0.1, -0.05) is 6.07 Å². The van der Waals surface area contributed by atoms with E-state index < -0.39 is 11.6 Å². The summed E-state index contributed by atoms with van der Waals surface area (Å²) in [4.78, 5) is 17.6. The van der Waals surface area contributed by atoms with Gasteiger partial charge in [-0.25, -0.2) is 13.6 Å². The molecule has 23 heavy (non-hydrogen) atoms. The monoisotopic (exact) mass is 319 g/mol. The maximum absolute atomic E-state index is 13.7. The quantitative estimate of drug-likeness (QED) is 0.914. The van der Waals surface area contributed by atoms with Crippen molar-refractivity contribution in [2.45, 2.75) is 26.4 Å². The molecule has 0 spiro atoms. The Hall–Kier alpha value is -2.50. The fourth-order valence-electron chi connectivity index (χ4n) is 2.21. The molecule has 1 aromatic heterocycles. The standard InChI is InChI=1S/C17H19F2N3O/c1-3-22(11-14-15(18)5-4-6-16(14)19)17(23)21-12(2)13-7-9-20-10-8-13/h4-10,12H,3,11H2,1-2H3,(H,21,23). The Morgan fingerprint density at radius 2 is 1.83 bits per heavy atom.